The van der Waals surface area contributed by atoms with Gasteiger partial charge in [-0.25, -0.2) is 9.18 Å². The van der Waals surface area contributed by atoms with Crippen molar-refractivity contribution in [3.8, 4) is 0 Å². The molecule has 21 heavy (non-hydrogen) atoms. The number of carboxylic acids is 1. The average Bonchev–Trinajstić information content (AvgIpc) is 2.89. The summed E-state index contributed by atoms with van der Waals surface area (Å²) in [4.78, 5) is 25.0. The number of carboxylic acid groups (broad SMARTS) is 1. The quantitative estimate of drug-likeness (QED) is 0.923. The van der Waals surface area contributed by atoms with Crippen LogP contribution in [-0.2, 0) is 4.79 Å². The van der Waals surface area contributed by atoms with Crippen molar-refractivity contribution in [2.75, 3.05) is 6.54 Å². The van der Waals surface area contributed by atoms with Gasteiger partial charge in [0, 0.05) is 11.9 Å². The van der Waals surface area contributed by atoms with Crippen molar-refractivity contribution >= 4 is 22.8 Å². The molecule has 3 rings (SSSR count). The third-order valence-corrected chi connectivity index (χ3v) is 3.74. The van der Waals surface area contributed by atoms with Crippen LogP contribution in [-0.4, -0.2) is 34.5 Å². The van der Waals surface area contributed by atoms with E-state index in [1.54, 1.807) is 0 Å². The highest BCUT2D eigenvalue weighted by molar-refractivity contribution is 5.98. The summed E-state index contributed by atoms with van der Waals surface area (Å²) in [6.45, 7) is 0.390. The summed E-state index contributed by atoms with van der Waals surface area (Å²) < 4.78 is 18.6. The Balaban J connectivity index is 1.93. The molecule has 1 fully saturated rings. The second-order valence-electron chi connectivity index (χ2n) is 5.14. The minimum Gasteiger partial charge on any atom is -0.480 e. The molecule has 0 spiro atoms. The van der Waals surface area contributed by atoms with Crippen LogP contribution in [0.2, 0.25) is 0 Å². The fourth-order valence-corrected chi connectivity index (χ4v) is 2.69. The second-order valence-corrected chi connectivity index (χ2v) is 5.14. The van der Waals surface area contributed by atoms with Gasteiger partial charge in [-0.2, -0.15) is 0 Å². The molecule has 0 bridgehead atoms. The predicted molar refractivity (Wildman–Crippen MR) is 72.5 cm³/mol. The van der Waals surface area contributed by atoms with Crippen molar-refractivity contribution in [1.29, 1.82) is 0 Å². The molecule has 1 N–H and O–H groups in total. The van der Waals surface area contributed by atoms with Crippen molar-refractivity contribution in [2.24, 2.45) is 0 Å². The maximum Gasteiger partial charge on any atom is 0.326 e. The normalized spacial score (nSPS) is 18.9. The largest absolute Gasteiger partial charge is 0.480 e. The first-order valence-corrected chi connectivity index (χ1v) is 6.79. The molecule has 1 saturated heterocycles. The molecule has 0 unspecified atom stereocenters. The number of hydrogen-bond acceptors (Lipinski definition) is 3. The SMILES string of the molecule is O=C(O)[C@H]1CCCCN1C(=O)c1cc2cc(F)ccc2o1. The lowest BCUT2D eigenvalue weighted by molar-refractivity contribution is -0.143. The fraction of sp³-hybridized carbons (Fsp3) is 0.333. The van der Waals surface area contributed by atoms with Crippen LogP contribution in [0.4, 0.5) is 4.39 Å². The first-order valence-electron chi connectivity index (χ1n) is 6.79. The topological polar surface area (TPSA) is 70.8 Å². The van der Waals surface area contributed by atoms with E-state index < -0.39 is 23.7 Å². The summed E-state index contributed by atoms with van der Waals surface area (Å²) in [6, 6.07) is 4.61. The van der Waals surface area contributed by atoms with E-state index in [2.05, 4.69) is 0 Å². The highest BCUT2D eigenvalue weighted by Crippen LogP contribution is 2.24. The van der Waals surface area contributed by atoms with E-state index >= 15 is 0 Å². The van der Waals surface area contributed by atoms with Gasteiger partial charge in [0.05, 0.1) is 0 Å². The molecule has 1 aliphatic heterocycles. The van der Waals surface area contributed by atoms with Crippen molar-refractivity contribution in [1.82, 2.24) is 4.90 Å². The van der Waals surface area contributed by atoms with Gasteiger partial charge in [0.1, 0.15) is 17.4 Å². The van der Waals surface area contributed by atoms with Crippen LogP contribution in [0.3, 0.4) is 0 Å². The third-order valence-electron chi connectivity index (χ3n) is 3.74. The zero-order valence-electron chi connectivity index (χ0n) is 11.2. The number of benzene rings is 1. The van der Waals surface area contributed by atoms with Gasteiger partial charge in [0.15, 0.2) is 5.76 Å². The predicted octanol–water partition coefficient (Wildman–Crippen LogP) is 2.65. The van der Waals surface area contributed by atoms with E-state index in [1.807, 2.05) is 0 Å². The van der Waals surface area contributed by atoms with Gasteiger partial charge in [0.2, 0.25) is 0 Å². The number of rotatable bonds is 2. The zero-order valence-corrected chi connectivity index (χ0v) is 11.2. The van der Waals surface area contributed by atoms with Crippen molar-refractivity contribution in [3.63, 3.8) is 0 Å². The number of carbonyl (C=O) groups is 2. The minimum absolute atomic E-state index is 0.0451. The van der Waals surface area contributed by atoms with Gasteiger partial charge in [0.25, 0.3) is 5.91 Å². The van der Waals surface area contributed by atoms with E-state index in [4.69, 9.17) is 4.42 Å². The molecule has 1 aliphatic rings. The molecular formula is C15H14FNO4. The fourth-order valence-electron chi connectivity index (χ4n) is 2.69. The summed E-state index contributed by atoms with van der Waals surface area (Å²) in [7, 11) is 0. The Hall–Kier alpha value is -2.37. The molecule has 1 amide bonds. The van der Waals surface area contributed by atoms with Gasteiger partial charge in [-0.05, 0) is 43.5 Å². The molecule has 110 valence electrons. The number of halogens is 1. The number of aliphatic carboxylic acids is 1. The number of carbonyl (C=O) groups excluding carboxylic acids is 1. The molecule has 0 radical (unpaired) electrons. The zero-order chi connectivity index (χ0) is 15.0. The van der Waals surface area contributed by atoms with Crippen LogP contribution in [0.25, 0.3) is 11.0 Å². The summed E-state index contributed by atoms with van der Waals surface area (Å²) in [5, 5.41) is 9.69. The van der Waals surface area contributed by atoms with Crippen LogP contribution in [0.1, 0.15) is 29.8 Å². The summed E-state index contributed by atoms with van der Waals surface area (Å²) in [5.74, 6) is -1.84. The Labute approximate surface area is 119 Å². The lowest BCUT2D eigenvalue weighted by Gasteiger charge is -2.32. The molecule has 2 heterocycles. The Bertz CT molecular complexity index is 709. The minimum atomic E-state index is -1.01. The molecule has 6 heteroatoms. The molecule has 1 aromatic carbocycles. The summed E-state index contributed by atoms with van der Waals surface area (Å²) >= 11 is 0. The smallest absolute Gasteiger partial charge is 0.326 e. The van der Waals surface area contributed by atoms with Crippen LogP contribution in [0.5, 0.6) is 0 Å². The summed E-state index contributed by atoms with van der Waals surface area (Å²) in [6.07, 6.45) is 1.99. The first kappa shape index (κ1) is 13.6. The summed E-state index contributed by atoms with van der Waals surface area (Å²) in [5.41, 5.74) is 0.406. The highest BCUT2D eigenvalue weighted by Gasteiger charge is 2.33. The average molecular weight is 291 g/mol. The van der Waals surface area contributed by atoms with Crippen LogP contribution in [0.15, 0.2) is 28.7 Å². The molecule has 2 aromatic rings. The monoisotopic (exact) mass is 291 g/mol. The van der Waals surface area contributed by atoms with Gasteiger partial charge in [-0.1, -0.05) is 0 Å². The molecule has 1 atom stereocenters. The van der Waals surface area contributed by atoms with Crippen LogP contribution in [0, 0.1) is 5.82 Å². The molecular weight excluding hydrogens is 277 g/mol. The van der Waals surface area contributed by atoms with E-state index in [0.717, 1.165) is 12.8 Å². The van der Waals surface area contributed by atoms with Gasteiger partial charge >= 0.3 is 5.97 Å². The Morgan fingerprint density at radius 3 is 2.86 bits per heavy atom. The number of piperidine rings is 1. The lowest BCUT2D eigenvalue weighted by atomic mass is 10.0. The number of furan rings is 1. The van der Waals surface area contributed by atoms with Gasteiger partial charge in [-0.15, -0.1) is 0 Å². The third kappa shape index (κ3) is 2.49. The van der Waals surface area contributed by atoms with E-state index in [0.29, 0.717) is 23.9 Å². The maximum absolute atomic E-state index is 13.2. The van der Waals surface area contributed by atoms with Crippen molar-refractivity contribution < 1.29 is 23.5 Å². The highest BCUT2D eigenvalue weighted by atomic mass is 19.1. The maximum atomic E-state index is 13.2. The first-order chi connectivity index (χ1) is 10.1. The number of fused-ring (bicyclic) bond motifs is 1. The van der Waals surface area contributed by atoms with E-state index in [9.17, 15) is 19.1 Å². The molecule has 0 aliphatic carbocycles. The molecule has 1 aromatic heterocycles. The number of amides is 1. The lowest BCUT2D eigenvalue weighted by Crippen LogP contribution is -2.47. The van der Waals surface area contributed by atoms with Crippen molar-refractivity contribution in [3.05, 3.63) is 35.8 Å². The van der Waals surface area contributed by atoms with Gasteiger partial charge in [-0.3, -0.25) is 4.79 Å². The Morgan fingerprint density at radius 2 is 2.10 bits per heavy atom. The molecule has 0 saturated carbocycles. The second kappa shape index (κ2) is 5.20. The van der Waals surface area contributed by atoms with Crippen LogP contribution >= 0.6 is 0 Å². The van der Waals surface area contributed by atoms with Crippen molar-refractivity contribution in [2.45, 2.75) is 25.3 Å². The number of nitrogens with zero attached hydrogens (tertiary/aromatic N) is 1. The standard InChI is InChI=1S/C15H14FNO4/c16-10-4-5-12-9(7-10)8-13(21-12)14(18)17-6-2-1-3-11(17)15(19)20/h4-5,7-8,11H,1-3,6H2,(H,19,20)/t11-/m1/s1. The van der Waals surface area contributed by atoms with Crippen LogP contribution < -0.4 is 0 Å². The Kier molecular flexibility index (Phi) is 3.37. The van der Waals surface area contributed by atoms with E-state index in [1.165, 1.54) is 29.2 Å². The number of likely N-dealkylation sites (tertiary alicyclic amines) is 1. The van der Waals surface area contributed by atoms with E-state index in [-0.39, 0.29) is 5.76 Å². The Morgan fingerprint density at radius 1 is 1.29 bits per heavy atom. The molecule has 5 nitrogen and oxygen atoms in total. The number of hydrogen-bond donors (Lipinski definition) is 1. The van der Waals surface area contributed by atoms with Gasteiger partial charge < -0.3 is 14.4 Å².